The molecule has 0 saturated carbocycles. The van der Waals surface area contributed by atoms with Crippen molar-refractivity contribution in [2.45, 2.75) is 27.3 Å². The van der Waals surface area contributed by atoms with E-state index >= 15 is 0 Å². The molecule has 0 unspecified atom stereocenters. The molecule has 0 amide bonds. The van der Waals surface area contributed by atoms with Gasteiger partial charge in [-0.25, -0.2) is 4.98 Å². The molecule has 0 aliphatic rings. The molecule has 2 heterocycles. The van der Waals surface area contributed by atoms with Crippen LogP contribution in [0.5, 0.6) is 0 Å². The van der Waals surface area contributed by atoms with Crippen LogP contribution in [0.2, 0.25) is 0 Å². The average Bonchev–Trinajstić information content (AvgIpc) is 2.96. The summed E-state index contributed by atoms with van der Waals surface area (Å²) in [6.07, 6.45) is 5.03. The molecule has 0 spiro atoms. The third-order valence-corrected chi connectivity index (χ3v) is 3.57. The Balaban J connectivity index is 2.24. The highest BCUT2D eigenvalue weighted by Crippen LogP contribution is 2.15. The van der Waals surface area contributed by atoms with Crippen molar-refractivity contribution >= 4 is 23.2 Å². The molecule has 2 rings (SSSR count). The van der Waals surface area contributed by atoms with E-state index in [1.54, 1.807) is 17.7 Å². The second-order valence-electron chi connectivity index (χ2n) is 3.94. The number of nitrogens with zero attached hydrogens (tertiary/aromatic N) is 3. The van der Waals surface area contributed by atoms with Gasteiger partial charge in [-0.1, -0.05) is 0 Å². The van der Waals surface area contributed by atoms with Crippen molar-refractivity contribution in [2.75, 3.05) is 0 Å². The molecule has 0 aliphatic carbocycles. The Kier molecular flexibility index (Phi) is 3.72. The normalized spacial score (nSPS) is 11.3. The van der Waals surface area contributed by atoms with Crippen molar-refractivity contribution in [3.63, 3.8) is 0 Å². The molecule has 0 N–H and O–H groups in total. The lowest BCUT2D eigenvalue weighted by Gasteiger charge is -1.98. The summed E-state index contributed by atoms with van der Waals surface area (Å²) in [6, 6.07) is 0. The number of ketones is 1. The number of rotatable bonds is 4. The third kappa shape index (κ3) is 2.41. The fourth-order valence-electron chi connectivity index (χ4n) is 1.84. The van der Waals surface area contributed by atoms with Crippen LogP contribution in [0.4, 0.5) is 0 Å². The highest BCUT2D eigenvalue weighted by Gasteiger charge is 2.09. The Bertz CT molecular complexity index is 582. The zero-order valence-corrected chi connectivity index (χ0v) is 11.5. The van der Waals surface area contributed by atoms with Crippen LogP contribution in [0.25, 0.3) is 6.08 Å². The molecule has 0 radical (unpaired) electrons. The van der Waals surface area contributed by atoms with Gasteiger partial charge in [-0.15, -0.1) is 11.3 Å². The van der Waals surface area contributed by atoms with Gasteiger partial charge in [0, 0.05) is 29.4 Å². The van der Waals surface area contributed by atoms with Gasteiger partial charge in [-0.3, -0.25) is 9.48 Å². The molecule has 18 heavy (non-hydrogen) atoms. The lowest BCUT2D eigenvalue weighted by molar-refractivity contribution is 0.104. The first-order valence-corrected chi connectivity index (χ1v) is 6.67. The molecule has 0 saturated heterocycles. The van der Waals surface area contributed by atoms with E-state index < -0.39 is 0 Å². The summed E-state index contributed by atoms with van der Waals surface area (Å²) in [7, 11) is 0. The number of allylic oxidation sites excluding steroid dienone is 1. The highest BCUT2D eigenvalue weighted by molar-refractivity contribution is 7.11. The number of thiazole rings is 1. The standard InChI is InChI=1S/C13H15N3OS/c1-4-16-10(3)11(9(2)15-16)5-6-12(17)13-14-7-8-18-13/h5-8H,4H2,1-3H3/b6-5-. The molecule has 0 bridgehead atoms. The number of hydrogen-bond donors (Lipinski definition) is 0. The number of hydrogen-bond acceptors (Lipinski definition) is 4. The predicted octanol–water partition coefficient (Wildman–Crippen LogP) is 2.87. The average molecular weight is 261 g/mol. The summed E-state index contributed by atoms with van der Waals surface area (Å²) >= 11 is 1.35. The van der Waals surface area contributed by atoms with Crippen molar-refractivity contribution in [2.24, 2.45) is 0 Å². The van der Waals surface area contributed by atoms with Crippen LogP contribution in [0, 0.1) is 13.8 Å². The van der Waals surface area contributed by atoms with Crippen LogP contribution >= 0.6 is 11.3 Å². The maximum atomic E-state index is 11.8. The minimum absolute atomic E-state index is 0.0620. The van der Waals surface area contributed by atoms with Crippen LogP contribution in [-0.4, -0.2) is 20.5 Å². The van der Waals surface area contributed by atoms with Crippen LogP contribution in [0.3, 0.4) is 0 Å². The fraction of sp³-hybridized carbons (Fsp3) is 0.308. The molecule has 5 heteroatoms. The zero-order valence-electron chi connectivity index (χ0n) is 10.7. The summed E-state index contributed by atoms with van der Waals surface area (Å²) in [5.41, 5.74) is 3.04. The molecule has 2 aromatic rings. The summed E-state index contributed by atoms with van der Waals surface area (Å²) in [5, 5.41) is 6.73. The van der Waals surface area contributed by atoms with E-state index in [4.69, 9.17) is 0 Å². The molecule has 4 nitrogen and oxygen atoms in total. The second-order valence-corrected chi connectivity index (χ2v) is 4.83. The summed E-state index contributed by atoms with van der Waals surface area (Å²) in [5.74, 6) is -0.0620. The Morgan fingerprint density at radius 2 is 2.28 bits per heavy atom. The highest BCUT2D eigenvalue weighted by atomic mass is 32.1. The van der Waals surface area contributed by atoms with Gasteiger partial charge >= 0.3 is 0 Å². The molecule has 94 valence electrons. The summed E-state index contributed by atoms with van der Waals surface area (Å²) in [6.45, 7) is 6.85. The summed E-state index contributed by atoms with van der Waals surface area (Å²) < 4.78 is 1.93. The largest absolute Gasteiger partial charge is 0.287 e. The lowest BCUT2D eigenvalue weighted by Crippen LogP contribution is -1.98. The van der Waals surface area contributed by atoms with E-state index in [0.717, 1.165) is 23.5 Å². The van der Waals surface area contributed by atoms with Crippen molar-refractivity contribution in [3.05, 3.63) is 39.6 Å². The maximum absolute atomic E-state index is 11.8. The minimum Gasteiger partial charge on any atom is -0.287 e. The number of aromatic nitrogens is 3. The van der Waals surface area contributed by atoms with Crippen molar-refractivity contribution < 1.29 is 4.79 Å². The molecular formula is C13H15N3OS. The fourth-order valence-corrected chi connectivity index (χ4v) is 2.39. The minimum atomic E-state index is -0.0620. The third-order valence-electron chi connectivity index (χ3n) is 2.78. The Labute approximate surface area is 110 Å². The van der Waals surface area contributed by atoms with Crippen LogP contribution in [-0.2, 0) is 6.54 Å². The van der Waals surface area contributed by atoms with Crippen molar-refractivity contribution in [1.29, 1.82) is 0 Å². The molecule has 0 atom stereocenters. The van der Waals surface area contributed by atoms with E-state index in [1.165, 1.54) is 11.3 Å². The first-order valence-electron chi connectivity index (χ1n) is 5.79. The predicted molar refractivity (Wildman–Crippen MR) is 72.9 cm³/mol. The smallest absolute Gasteiger partial charge is 0.214 e. The van der Waals surface area contributed by atoms with Gasteiger partial charge in [-0.2, -0.15) is 5.10 Å². The zero-order chi connectivity index (χ0) is 13.1. The molecular weight excluding hydrogens is 246 g/mol. The SMILES string of the molecule is CCn1nc(C)c(/C=C\C(=O)c2nccs2)c1C. The van der Waals surface area contributed by atoms with Gasteiger partial charge < -0.3 is 0 Å². The number of carbonyl (C=O) groups excluding carboxylic acids is 1. The lowest BCUT2D eigenvalue weighted by atomic mass is 10.1. The van der Waals surface area contributed by atoms with Gasteiger partial charge in [0.25, 0.3) is 0 Å². The van der Waals surface area contributed by atoms with Gasteiger partial charge in [0.2, 0.25) is 5.78 Å². The van der Waals surface area contributed by atoms with E-state index in [-0.39, 0.29) is 5.78 Å². The van der Waals surface area contributed by atoms with E-state index in [1.807, 2.05) is 31.5 Å². The number of carbonyl (C=O) groups is 1. The van der Waals surface area contributed by atoms with Gasteiger partial charge in [-0.05, 0) is 32.9 Å². The Hall–Kier alpha value is -1.75. The monoisotopic (exact) mass is 261 g/mol. The van der Waals surface area contributed by atoms with E-state index in [0.29, 0.717) is 5.01 Å². The Morgan fingerprint density at radius 3 is 2.83 bits per heavy atom. The van der Waals surface area contributed by atoms with Gasteiger partial charge in [0.1, 0.15) is 0 Å². The van der Waals surface area contributed by atoms with E-state index in [9.17, 15) is 4.79 Å². The quantitative estimate of drug-likeness (QED) is 0.628. The molecule has 0 aromatic carbocycles. The van der Waals surface area contributed by atoms with Crippen molar-refractivity contribution in [1.82, 2.24) is 14.8 Å². The van der Waals surface area contributed by atoms with Gasteiger partial charge in [0.05, 0.1) is 5.69 Å². The molecule has 0 aliphatic heterocycles. The summed E-state index contributed by atoms with van der Waals surface area (Å²) in [4.78, 5) is 15.8. The topological polar surface area (TPSA) is 47.8 Å². The van der Waals surface area contributed by atoms with Crippen molar-refractivity contribution in [3.8, 4) is 0 Å². The molecule has 2 aromatic heterocycles. The van der Waals surface area contributed by atoms with E-state index in [2.05, 4.69) is 10.1 Å². The maximum Gasteiger partial charge on any atom is 0.214 e. The van der Waals surface area contributed by atoms with Crippen LogP contribution in [0.1, 0.15) is 33.7 Å². The van der Waals surface area contributed by atoms with Crippen LogP contribution in [0.15, 0.2) is 17.7 Å². The molecule has 0 fully saturated rings. The first-order chi connectivity index (χ1) is 8.63. The first kappa shape index (κ1) is 12.7. The number of aryl methyl sites for hydroxylation is 2. The van der Waals surface area contributed by atoms with Gasteiger partial charge in [0.15, 0.2) is 5.01 Å². The Morgan fingerprint density at radius 1 is 1.50 bits per heavy atom. The van der Waals surface area contributed by atoms with Crippen LogP contribution < -0.4 is 0 Å². The second kappa shape index (κ2) is 5.27.